The van der Waals surface area contributed by atoms with Crippen LogP contribution in [-0.4, -0.2) is 42.0 Å². The van der Waals surface area contributed by atoms with E-state index in [9.17, 15) is 21.6 Å². The molecule has 31 heavy (non-hydrogen) atoms. The summed E-state index contributed by atoms with van der Waals surface area (Å²) >= 11 is 1.29. The van der Waals surface area contributed by atoms with Crippen LogP contribution in [0.25, 0.3) is 0 Å². The second-order valence-corrected chi connectivity index (χ2v) is 11.6. The first-order valence-electron chi connectivity index (χ1n) is 9.25. The maximum atomic E-state index is 12.6. The molecule has 3 aromatic rings. The highest BCUT2D eigenvalue weighted by Crippen LogP contribution is 2.23. The fraction of sp³-hybridized carbons (Fsp3) is 0.190. The number of sulfone groups is 1. The Kier molecular flexibility index (Phi) is 7.26. The molecule has 0 spiro atoms. The first-order valence-corrected chi connectivity index (χ1v) is 13.4. The Morgan fingerprint density at radius 1 is 0.903 bits per heavy atom. The third-order valence-corrected chi connectivity index (χ3v) is 7.93. The molecule has 1 aromatic heterocycles. The number of ketones is 1. The van der Waals surface area contributed by atoms with E-state index in [1.807, 2.05) is 0 Å². The topological polar surface area (TPSA) is 107 Å². The van der Waals surface area contributed by atoms with E-state index in [0.717, 1.165) is 11.1 Å². The molecule has 2 aromatic carbocycles. The van der Waals surface area contributed by atoms with E-state index in [1.165, 1.54) is 47.7 Å². The van der Waals surface area contributed by atoms with Crippen molar-refractivity contribution in [3.63, 3.8) is 0 Å². The molecular weight excluding hydrogens is 458 g/mol. The van der Waals surface area contributed by atoms with Gasteiger partial charge in [-0.1, -0.05) is 18.2 Å². The molecule has 3 rings (SSSR count). The predicted octanol–water partition coefficient (Wildman–Crippen LogP) is 2.93. The zero-order chi connectivity index (χ0) is 22.5. The molecule has 0 bridgehead atoms. The van der Waals surface area contributed by atoms with Gasteiger partial charge >= 0.3 is 0 Å². The minimum Gasteiger partial charge on any atom is -0.485 e. The largest absolute Gasteiger partial charge is 0.485 e. The summed E-state index contributed by atoms with van der Waals surface area (Å²) in [6.45, 7) is 0.0774. The van der Waals surface area contributed by atoms with Gasteiger partial charge < -0.3 is 4.74 Å². The van der Waals surface area contributed by atoms with Crippen LogP contribution in [0.3, 0.4) is 0 Å². The van der Waals surface area contributed by atoms with Crippen LogP contribution in [0.4, 0.5) is 0 Å². The van der Waals surface area contributed by atoms with Gasteiger partial charge in [-0.3, -0.25) is 4.79 Å². The highest BCUT2D eigenvalue weighted by atomic mass is 32.2. The van der Waals surface area contributed by atoms with E-state index >= 15 is 0 Å². The third kappa shape index (κ3) is 6.47. The van der Waals surface area contributed by atoms with Gasteiger partial charge in [0.1, 0.15) is 5.75 Å². The number of carbonyl (C=O) groups excluding carboxylic acids is 1. The maximum absolute atomic E-state index is 12.6. The van der Waals surface area contributed by atoms with Crippen LogP contribution in [0.1, 0.15) is 14.5 Å². The number of ether oxygens (including phenoxy) is 1. The normalized spacial score (nSPS) is 11.9. The van der Waals surface area contributed by atoms with Crippen molar-refractivity contribution in [3.05, 3.63) is 76.5 Å². The Labute approximate surface area is 185 Å². The molecule has 0 saturated heterocycles. The number of hydrogen-bond acceptors (Lipinski definition) is 7. The lowest BCUT2D eigenvalue weighted by Crippen LogP contribution is -2.24. The lowest BCUT2D eigenvalue weighted by atomic mass is 10.3. The molecule has 0 saturated carbocycles. The number of thiophene rings is 1. The first-order chi connectivity index (χ1) is 14.6. The Morgan fingerprint density at radius 2 is 1.55 bits per heavy atom. The molecule has 0 fully saturated rings. The summed E-state index contributed by atoms with van der Waals surface area (Å²) in [5.41, 5.74) is 0. The van der Waals surface area contributed by atoms with E-state index in [0.29, 0.717) is 17.0 Å². The Bertz CT molecular complexity index is 1250. The second kappa shape index (κ2) is 9.73. The molecule has 0 aliphatic heterocycles. The molecule has 164 valence electrons. The molecule has 0 amide bonds. The molecule has 0 atom stereocenters. The van der Waals surface area contributed by atoms with Gasteiger partial charge in [-0.2, -0.15) is 0 Å². The van der Waals surface area contributed by atoms with Gasteiger partial charge in [-0.05, 0) is 55.0 Å². The van der Waals surface area contributed by atoms with Crippen molar-refractivity contribution in [2.24, 2.45) is 0 Å². The fourth-order valence-corrected chi connectivity index (χ4v) is 5.38. The van der Waals surface area contributed by atoms with Gasteiger partial charge in [0.2, 0.25) is 25.6 Å². The van der Waals surface area contributed by atoms with Crippen molar-refractivity contribution < 1.29 is 26.4 Å². The third-order valence-electron chi connectivity index (χ3n) is 4.23. The highest BCUT2D eigenvalue weighted by Gasteiger charge is 2.17. The lowest BCUT2D eigenvalue weighted by molar-refractivity contribution is 0.0925. The number of rotatable bonds is 10. The molecule has 0 aliphatic rings. The zero-order valence-electron chi connectivity index (χ0n) is 16.6. The van der Waals surface area contributed by atoms with E-state index in [2.05, 4.69) is 4.72 Å². The zero-order valence-corrected chi connectivity index (χ0v) is 19.1. The van der Waals surface area contributed by atoms with Crippen LogP contribution < -0.4 is 9.46 Å². The van der Waals surface area contributed by atoms with Crippen LogP contribution in [0.15, 0.2) is 76.5 Å². The van der Waals surface area contributed by atoms with Crippen molar-refractivity contribution in [1.82, 2.24) is 4.72 Å². The monoisotopic (exact) mass is 479 g/mol. The standard InChI is InChI=1S/C21H21NO6S3/c1-30(24,25)22-14-13-17-9-12-21(29-17)20(23)15-28-16-7-10-19(11-8-16)31(26,27)18-5-3-2-4-6-18/h2-12,22H,13-15H2,1H3. The average molecular weight is 480 g/mol. The summed E-state index contributed by atoms with van der Waals surface area (Å²) in [5.74, 6) is 0.169. The van der Waals surface area contributed by atoms with Crippen LogP contribution in [0, 0.1) is 0 Å². The Hall–Kier alpha value is -2.53. The smallest absolute Gasteiger partial charge is 0.210 e. The van der Waals surface area contributed by atoms with Crippen LogP contribution in [-0.2, 0) is 26.3 Å². The van der Waals surface area contributed by atoms with E-state index in [1.54, 1.807) is 30.3 Å². The van der Waals surface area contributed by atoms with Crippen molar-refractivity contribution >= 4 is 37.0 Å². The predicted molar refractivity (Wildman–Crippen MR) is 119 cm³/mol. The summed E-state index contributed by atoms with van der Waals surface area (Å²) in [6.07, 6.45) is 1.58. The summed E-state index contributed by atoms with van der Waals surface area (Å²) in [5, 5.41) is 0. The number of hydrogen-bond donors (Lipinski definition) is 1. The van der Waals surface area contributed by atoms with Crippen molar-refractivity contribution in [1.29, 1.82) is 0 Å². The molecule has 7 nitrogen and oxygen atoms in total. The molecule has 1 N–H and O–H groups in total. The Balaban J connectivity index is 1.56. The highest BCUT2D eigenvalue weighted by molar-refractivity contribution is 7.91. The van der Waals surface area contributed by atoms with E-state index in [-0.39, 0.29) is 28.7 Å². The van der Waals surface area contributed by atoms with Crippen molar-refractivity contribution in [2.75, 3.05) is 19.4 Å². The number of Topliss-reactive ketones (excluding diaryl/α,β-unsaturated/α-hetero) is 1. The number of sulfonamides is 1. The summed E-state index contributed by atoms with van der Waals surface area (Å²) in [6, 6.07) is 17.5. The summed E-state index contributed by atoms with van der Waals surface area (Å²) < 4.78 is 55.3. The molecule has 1 heterocycles. The van der Waals surface area contributed by atoms with Crippen LogP contribution in [0.5, 0.6) is 5.75 Å². The van der Waals surface area contributed by atoms with E-state index in [4.69, 9.17) is 4.74 Å². The van der Waals surface area contributed by atoms with Gasteiger partial charge in [0, 0.05) is 11.4 Å². The minimum atomic E-state index is -3.61. The first kappa shape index (κ1) is 23.1. The van der Waals surface area contributed by atoms with Crippen LogP contribution >= 0.6 is 11.3 Å². The lowest BCUT2D eigenvalue weighted by Gasteiger charge is -2.07. The Morgan fingerprint density at radius 3 is 2.19 bits per heavy atom. The van der Waals surface area contributed by atoms with Crippen LogP contribution in [0.2, 0.25) is 0 Å². The van der Waals surface area contributed by atoms with Gasteiger partial charge in [0.25, 0.3) is 0 Å². The maximum Gasteiger partial charge on any atom is 0.210 e. The van der Waals surface area contributed by atoms with Gasteiger partial charge in [-0.15, -0.1) is 11.3 Å². The van der Waals surface area contributed by atoms with Gasteiger partial charge in [-0.25, -0.2) is 21.6 Å². The average Bonchev–Trinajstić information content (AvgIpc) is 3.21. The van der Waals surface area contributed by atoms with Gasteiger partial charge in [0.15, 0.2) is 6.61 Å². The minimum absolute atomic E-state index is 0.142. The molecule has 0 aliphatic carbocycles. The molecule has 0 unspecified atom stereocenters. The molecule has 10 heteroatoms. The second-order valence-electron chi connectivity index (χ2n) is 6.68. The van der Waals surface area contributed by atoms with E-state index < -0.39 is 19.9 Å². The SMILES string of the molecule is CS(=O)(=O)NCCc1ccc(C(=O)COc2ccc(S(=O)(=O)c3ccccc3)cc2)s1. The molecular formula is C21H21NO6S3. The van der Waals surface area contributed by atoms with Crippen molar-refractivity contribution in [3.8, 4) is 5.75 Å². The number of benzene rings is 2. The number of nitrogens with one attached hydrogen (secondary N) is 1. The summed E-state index contributed by atoms with van der Waals surface area (Å²) in [4.78, 5) is 14.1. The van der Waals surface area contributed by atoms with Gasteiger partial charge in [0.05, 0.1) is 20.9 Å². The van der Waals surface area contributed by atoms with Crippen molar-refractivity contribution in [2.45, 2.75) is 16.2 Å². The summed E-state index contributed by atoms with van der Waals surface area (Å²) in [7, 11) is -6.85. The fourth-order valence-electron chi connectivity index (χ4n) is 2.69. The molecule has 0 radical (unpaired) electrons. The number of carbonyl (C=O) groups is 1. The quantitative estimate of drug-likeness (QED) is 0.448.